The average Bonchev–Trinajstić information content (AvgIpc) is 0.796. The van der Waals surface area contributed by atoms with Crippen molar-refractivity contribution in [1.29, 1.82) is 0 Å². The second-order valence-electron chi connectivity index (χ2n) is 30.5. The molecule has 0 saturated carbocycles. The van der Waals surface area contributed by atoms with Gasteiger partial charge in [-0.3, -0.25) is 57.5 Å². The molecule has 14 atom stereocenters. The van der Waals surface area contributed by atoms with Crippen molar-refractivity contribution in [2.75, 3.05) is 69.5 Å². The zero-order valence-electron chi connectivity index (χ0n) is 67.4. The van der Waals surface area contributed by atoms with Gasteiger partial charge in [0.15, 0.2) is 0 Å². The highest BCUT2D eigenvalue weighted by Gasteiger charge is 2.47. The zero-order valence-corrected chi connectivity index (χ0v) is 67.4. The predicted octanol–water partition coefficient (Wildman–Crippen LogP) is 4.53. The molecular weight excluding hydrogens is 1310 g/mol. The SMILES string of the molecule is C/C=C/C[C@@H](C)[C@@H](OC(C)=O)[C@@H](C(=O)N[C@@H](CC)C(=O)OCCN(C)C(C)=O)N(C)C(=O)[C@H](C(C)C)N(C)C(=O)[C@H](CC(C)C)N(C)C(=O)[C@H](CC(C)C)N(C)C(=O)[C@@H](C)NC(=O)[C@H](C)NC(=O)[C@H](CCC(C)C)N(C)C(=O)[C@@H](NC(=O)[C@H]([C@H](C)CCC(C)(C)O)N(C)C(=O)[C@@H](C)NC)C(C)C. The molecule has 0 aliphatic carbocycles. The molecule has 0 unspecified atom stereocenters. The minimum atomic E-state index is -1.57. The molecular formula is C74H134N12O16. The fourth-order valence-corrected chi connectivity index (χ4v) is 12.1. The van der Waals surface area contributed by atoms with Gasteiger partial charge in [0.25, 0.3) is 0 Å². The van der Waals surface area contributed by atoms with Crippen molar-refractivity contribution in [1.82, 2.24) is 60.9 Å². The molecule has 0 aliphatic heterocycles. The summed E-state index contributed by atoms with van der Waals surface area (Å²) < 4.78 is 11.3. The van der Waals surface area contributed by atoms with E-state index in [0.717, 1.165) is 4.90 Å². The normalized spacial score (nSPS) is 16.0. The fourth-order valence-electron chi connectivity index (χ4n) is 12.1. The van der Waals surface area contributed by atoms with Crippen LogP contribution in [0.4, 0.5) is 0 Å². The molecule has 6 N–H and O–H groups in total. The molecule has 102 heavy (non-hydrogen) atoms. The van der Waals surface area contributed by atoms with E-state index in [1.165, 1.54) is 99.4 Å². The molecule has 0 aromatic carbocycles. The summed E-state index contributed by atoms with van der Waals surface area (Å²) in [6, 6.07) is -13.0. The second kappa shape index (κ2) is 44.4. The van der Waals surface area contributed by atoms with Crippen LogP contribution in [0.5, 0.6) is 0 Å². The summed E-state index contributed by atoms with van der Waals surface area (Å²) in [5, 5.41) is 24.5. The second-order valence-corrected chi connectivity index (χ2v) is 30.5. The maximum absolute atomic E-state index is 15.3. The van der Waals surface area contributed by atoms with Gasteiger partial charge in [-0.15, -0.1) is 0 Å². The van der Waals surface area contributed by atoms with E-state index in [1.54, 1.807) is 96.3 Å². The lowest BCUT2D eigenvalue weighted by Gasteiger charge is -2.42. The van der Waals surface area contributed by atoms with Crippen molar-refractivity contribution in [3.05, 3.63) is 12.2 Å². The van der Waals surface area contributed by atoms with Gasteiger partial charge in [0.1, 0.15) is 73.1 Å². The number of hydrogen-bond acceptors (Lipinski definition) is 17. The van der Waals surface area contributed by atoms with Crippen LogP contribution in [0.25, 0.3) is 0 Å². The minimum Gasteiger partial charge on any atom is -0.462 e. The summed E-state index contributed by atoms with van der Waals surface area (Å²) in [6.07, 6.45) is 4.26. The lowest BCUT2D eigenvalue weighted by atomic mass is 9.89. The first-order valence-corrected chi connectivity index (χ1v) is 36.4. The van der Waals surface area contributed by atoms with Crippen molar-refractivity contribution in [3.63, 3.8) is 0 Å². The van der Waals surface area contributed by atoms with E-state index in [9.17, 15) is 53.1 Å². The molecule has 28 heteroatoms. The van der Waals surface area contributed by atoms with Crippen LogP contribution >= 0.6 is 0 Å². The smallest absolute Gasteiger partial charge is 0.328 e. The summed E-state index contributed by atoms with van der Waals surface area (Å²) in [5.41, 5.74) is -1.05. The Morgan fingerprint density at radius 1 is 0.490 bits per heavy atom. The van der Waals surface area contributed by atoms with Gasteiger partial charge < -0.3 is 75.5 Å². The van der Waals surface area contributed by atoms with Crippen molar-refractivity contribution >= 4 is 76.9 Å². The number of amides is 11. The Bertz CT molecular complexity index is 2810. The Morgan fingerprint density at radius 2 is 0.961 bits per heavy atom. The molecule has 0 radical (unpaired) electrons. The number of aliphatic hydroxyl groups is 1. The molecule has 586 valence electrons. The molecule has 11 amide bonds. The zero-order chi connectivity index (χ0) is 79.5. The van der Waals surface area contributed by atoms with Crippen LogP contribution in [-0.4, -0.2) is 264 Å². The molecule has 0 aromatic heterocycles. The Kier molecular flexibility index (Phi) is 41.3. The molecule has 0 rings (SSSR count). The summed E-state index contributed by atoms with van der Waals surface area (Å²) >= 11 is 0. The van der Waals surface area contributed by atoms with Crippen molar-refractivity contribution in [3.8, 4) is 0 Å². The van der Waals surface area contributed by atoms with E-state index in [1.807, 2.05) is 47.6 Å². The van der Waals surface area contributed by atoms with Crippen molar-refractivity contribution in [2.24, 2.45) is 41.4 Å². The van der Waals surface area contributed by atoms with Gasteiger partial charge in [0.05, 0.1) is 18.2 Å². The van der Waals surface area contributed by atoms with Crippen LogP contribution in [0.2, 0.25) is 0 Å². The monoisotopic (exact) mass is 1450 g/mol. The van der Waals surface area contributed by atoms with Gasteiger partial charge in [-0.2, -0.15) is 0 Å². The highest BCUT2D eigenvalue weighted by molar-refractivity contribution is 5.99. The standard InChI is InChI=1S/C74H134N12O16/c1-30-32-33-48(14)62(102-53(19)88)61(66(92)78-54(31-2)73(99)101-39-38-80(23)52(18)87)86(29)72(98)59(46(11)12)84(27)70(96)57(41-44(7)8)83(26)69(95)56(40-43(5)6)82(25)68(94)51(17)77-63(89)49(15)76-64(90)55(35-34-42(3)4)81(24)71(97)58(45(9)10)79-65(91)60(47(13)36-37-74(20,21)100)85(28)67(93)50(16)75-22/h30,32,42-51,54-62,75,100H,31,33-41H2,1-29H3,(H,76,90)(H,77,89)(H,78,92)(H,79,91)/b32-30+/t47-,48-,49+,50-,51-,54+,55+,56+,57+,58+,59+,60+,61+,62-/m1/s1. The number of allylic oxidation sites excluding steroid dienone is 2. The van der Waals surface area contributed by atoms with E-state index in [-0.39, 0.29) is 68.4 Å². The van der Waals surface area contributed by atoms with Gasteiger partial charge in [0.2, 0.25) is 65.0 Å². The Labute approximate surface area is 610 Å². The Hall–Kier alpha value is -7.23. The lowest BCUT2D eigenvalue weighted by molar-refractivity contribution is -0.164. The van der Waals surface area contributed by atoms with Gasteiger partial charge in [-0.25, -0.2) is 4.79 Å². The molecule has 0 fully saturated rings. The molecule has 0 saturated heterocycles. The van der Waals surface area contributed by atoms with Crippen molar-refractivity contribution < 1.29 is 76.9 Å². The highest BCUT2D eigenvalue weighted by atomic mass is 16.5. The Balaban J connectivity index is 7.26. The van der Waals surface area contributed by atoms with Crippen LogP contribution in [0.15, 0.2) is 12.2 Å². The van der Waals surface area contributed by atoms with Gasteiger partial charge >= 0.3 is 11.9 Å². The maximum atomic E-state index is 15.3. The van der Waals surface area contributed by atoms with Crippen LogP contribution in [0, 0.1) is 41.4 Å². The highest BCUT2D eigenvalue weighted by Crippen LogP contribution is 2.28. The summed E-state index contributed by atoms with van der Waals surface area (Å²) in [7, 11) is 11.8. The number of esters is 2. The number of nitrogens with zero attached hydrogens (tertiary/aromatic N) is 7. The number of ether oxygens (including phenoxy) is 2. The summed E-state index contributed by atoms with van der Waals surface area (Å²) in [4.78, 5) is 193. The van der Waals surface area contributed by atoms with Crippen LogP contribution in [0.3, 0.4) is 0 Å². The third-order valence-electron chi connectivity index (χ3n) is 18.8. The number of likely N-dealkylation sites (N-methyl/N-ethyl adjacent to an activating group) is 8. The number of carbonyl (C=O) groups excluding carboxylic acids is 13. The van der Waals surface area contributed by atoms with E-state index in [2.05, 4.69) is 26.6 Å². The quantitative estimate of drug-likeness (QED) is 0.0360. The predicted molar refractivity (Wildman–Crippen MR) is 393 cm³/mol. The average molecular weight is 1450 g/mol. The van der Waals surface area contributed by atoms with E-state index in [4.69, 9.17) is 9.47 Å². The third kappa shape index (κ3) is 29.9. The summed E-state index contributed by atoms with van der Waals surface area (Å²) in [6.45, 7) is 35.5. The van der Waals surface area contributed by atoms with Crippen molar-refractivity contribution in [2.45, 2.75) is 275 Å². The van der Waals surface area contributed by atoms with E-state index < -0.39 is 167 Å². The van der Waals surface area contributed by atoms with Gasteiger partial charge in [-0.1, -0.05) is 102 Å². The number of carbonyl (C=O) groups is 13. The molecule has 0 heterocycles. The van der Waals surface area contributed by atoms with Crippen LogP contribution < -0.4 is 26.6 Å². The van der Waals surface area contributed by atoms with Gasteiger partial charge in [-0.05, 0) is 141 Å². The van der Waals surface area contributed by atoms with E-state index in [0.29, 0.717) is 25.7 Å². The molecule has 0 bridgehead atoms. The number of rotatable bonds is 44. The van der Waals surface area contributed by atoms with Crippen LogP contribution in [-0.2, 0) is 71.8 Å². The minimum absolute atomic E-state index is 0.0614. The van der Waals surface area contributed by atoms with E-state index >= 15 is 14.4 Å². The first-order valence-electron chi connectivity index (χ1n) is 36.4. The first-order chi connectivity index (χ1) is 47.0. The molecule has 0 aromatic rings. The number of hydrogen-bond donors (Lipinski definition) is 6. The van der Waals surface area contributed by atoms with Crippen LogP contribution in [0.1, 0.15) is 197 Å². The first kappa shape index (κ1) is 94.8. The topological polar surface area (TPSA) is 343 Å². The molecule has 0 aliphatic rings. The maximum Gasteiger partial charge on any atom is 0.328 e. The molecule has 0 spiro atoms. The Morgan fingerprint density at radius 3 is 1.41 bits per heavy atom. The largest absolute Gasteiger partial charge is 0.462 e. The molecule has 28 nitrogen and oxygen atoms in total. The van der Waals surface area contributed by atoms with Gasteiger partial charge in [0, 0.05) is 63.2 Å². The summed E-state index contributed by atoms with van der Waals surface area (Å²) in [5.74, 6) is -10.8. The third-order valence-corrected chi connectivity index (χ3v) is 18.8. The lowest BCUT2D eigenvalue weighted by Crippen LogP contribution is -2.63. The number of nitrogens with one attached hydrogen (secondary N) is 5. The fraction of sp³-hybridized carbons (Fsp3) is 0.797.